The van der Waals surface area contributed by atoms with Gasteiger partial charge >= 0.3 is 18.0 Å². The third-order valence-electron chi connectivity index (χ3n) is 9.71. The van der Waals surface area contributed by atoms with Crippen LogP contribution in [-0.4, -0.2) is 179 Å². The summed E-state index contributed by atoms with van der Waals surface area (Å²) < 4.78 is 0. The van der Waals surface area contributed by atoms with Gasteiger partial charge in [-0.15, -0.1) is 0 Å². The summed E-state index contributed by atoms with van der Waals surface area (Å²) in [5, 5.41) is 47.5. The number of carboxylic acid groups (broad SMARTS) is 2. The molecular formula is C33H55N7O9S. The molecule has 50 heavy (non-hydrogen) atoms. The molecule has 0 spiro atoms. The van der Waals surface area contributed by atoms with Crippen molar-refractivity contribution in [1.82, 2.24) is 30.2 Å². The van der Waals surface area contributed by atoms with Crippen LogP contribution >= 0.6 is 11.8 Å². The second kappa shape index (κ2) is 21.6. The molecule has 0 bridgehead atoms. The van der Waals surface area contributed by atoms with Gasteiger partial charge in [0.2, 0.25) is 0 Å². The average Bonchev–Trinajstić information content (AvgIpc) is 3.64. The minimum absolute atomic E-state index is 0.0456. The predicted octanol–water partition coefficient (Wildman–Crippen LogP) is 1.11. The van der Waals surface area contributed by atoms with E-state index in [0.717, 1.165) is 49.2 Å². The van der Waals surface area contributed by atoms with Gasteiger partial charge in [0, 0.05) is 88.2 Å². The number of hydrogen-bond acceptors (Lipinski definition) is 13. The predicted molar refractivity (Wildman–Crippen MR) is 190 cm³/mol. The minimum Gasteiger partial charge on any atom is -0.480 e. The molecule has 1 aromatic rings. The molecule has 3 heterocycles. The Morgan fingerprint density at radius 1 is 0.840 bits per heavy atom. The highest BCUT2D eigenvalue weighted by Gasteiger charge is 2.42. The number of fused-ring (bicyclic) bond motifs is 1. The zero-order valence-electron chi connectivity index (χ0n) is 28.8. The highest BCUT2D eigenvalue weighted by atomic mass is 32.2. The second-order valence-electron chi connectivity index (χ2n) is 13.3. The van der Waals surface area contributed by atoms with Crippen molar-refractivity contribution in [3.05, 3.63) is 29.8 Å². The van der Waals surface area contributed by atoms with E-state index in [1.807, 2.05) is 45.8 Å². The smallest absolute Gasteiger partial charge is 0.317 e. The van der Waals surface area contributed by atoms with Gasteiger partial charge in [-0.2, -0.15) is 11.8 Å². The zero-order valence-corrected chi connectivity index (χ0v) is 29.6. The first-order chi connectivity index (χ1) is 24.2. The molecule has 0 saturated carbocycles. The van der Waals surface area contributed by atoms with Crippen LogP contribution in [0, 0.1) is 0 Å². The minimum atomic E-state index is -0.958. The number of carbonyl (C=O) groups excluding carboxylic acids is 1. The lowest BCUT2D eigenvalue weighted by Gasteiger charge is -2.38. The maximum Gasteiger partial charge on any atom is 0.317 e. The summed E-state index contributed by atoms with van der Waals surface area (Å²) in [5.74, 6) is -0.937. The quantitative estimate of drug-likeness (QED) is 0.0463. The number of unbranched alkanes of at least 4 members (excludes halogenated alkanes) is 2. The number of carboxylic acids is 2. The zero-order chi connectivity index (χ0) is 35.7. The Labute approximate surface area is 298 Å². The lowest BCUT2D eigenvalue weighted by Crippen LogP contribution is -2.53. The Kier molecular flexibility index (Phi) is 17.3. The molecule has 4 atom stereocenters. The van der Waals surface area contributed by atoms with E-state index >= 15 is 0 Å². The van der Waals surface area contributed by atoms with Crippen molar-refractivity contribution >= 4 is 35.4 Å². The van der Waals surface area contributed by atoms with E-state index in [1.54, 1.807) is 0 Å². The van der Waals surface area contributed by atoms with Crippen LogP contribution in [0.5, 0.6) is 0 Å². The number of rotatable bonds is 19. The summed E-state index contributed by atoms with van der Waals surface area (Å²) in [6.07, 6.45) is 4.88. The summed E-state index contributed by atoms with van der Waals surface area (Å²) in [4.78, 5) is 52.2. The van der Waals surface area contributed by atoms with Crippen LogP contribution in [0.15, 0.2) is 24.3 Å². The van der Waals surface area contributed by atoms with Crippen LogP contribution in [0.1, 0.15) is 31.2 Å². The normalized spacial score (nSPS) is 24.6. The van der Waals surface area contributed by atoms with Crippen LogP contribution in [0.25, 0.3) is 0 Å². The number of carbonyl (C=O) groups is 3. The summed E-state index contributed by atoms with van der Waals surface area (Å²) in [5.41, 5.74) is 2.02. The Morgan fingerprint density at radius 3 is 2.12 bits per heavy atom. The molecule has 2 amide bonds. The lowest BCUT2D eigenvalue weighted by molar-refractivity contribution is -0.245. The topological polar surface area (TPSA) is 200 Å². The molecule has 17 heteroatoms. The number of thioether (sulfide) groups is 1. The fourth-order valence-corrected chi connectivity index (χ4v) is 8.54. The first-order valence-corrected chi connectivity index (χ1v) is 18.7. The van der Waals surface area contributed by atoms with Gasteiger partial charge < -0.3 is 26.2 Å². The van der Waals surface area contributed by atoms with Gasteiger partial charge in [-0.3, -0.25) is 39.7 Å². The Bertz CT molecular complexity index is 1190. The van der Waals surface area contributed by atoms with E-state index < -0.39 is 11.9 Å². The molecule has 0 radical (unpaired) electrons. The number of hydrogen-bond donors (Lipinski definition) is 7. The van der Waals surface area contributed by atoms with E-state index in [4.69, 9.17) is 10.5 Å². The maximum absolute atomic E-state index is 12.0. The number of anilines is 1. The summed E-state index contributed by atoms with van der Waals surface area (Å²) >= 11 is 1.95. The van der Waals surface area contributed by atoms with Gasteiger partial charge in [0.1, 0.15) is 0 Å². The molecule has 7 N–H and O–H groups in total. The molecular weight excluding hydrogens is 670 g/mol. The molecule has 0 aromatic heterocycles. The fraction of sp³-hybridized carbons (Fsp3) is 0.727. The van der Waals surface area contributed by atoms with Crippen LogP contribution in [-0.2, 0) is 25.8 Å². The number of aliphatic carboxylic acids is 2. The third kappa shape index (κ3) is 13.8. The molecule has 3 aliphatic heterocycles. The molecule has 3 fully saturated rings. The van der Waals surface area contributed by atoms with Crippen molar-refractivity contribution < 1.29 is 44.9 Å². The van der Waals surface area contributed by atoms with Gasteiger partial charge in [-0.1, -0.05) is 25.0 Å². The van der Waals surface area contributed by atoms with E-state index in [1.165, 1.54) is 0 Å². The van der Waals surface area contributed by atoms with Crippen LogP contribution in [0.4, 0.5) is 10.5 Å². The average molecular weight is 726 g/mol. The molecule has 282 valence electrons. The van der Waals surface area contributed by atoms with Crippen molar-refractivity contribution in [3.8, 4) is 0 Å². The summed E-state index contributed by atoms with van der Waals surface area (Å²) in [6, 6.07) is 8.32. The number of benzene rings is 1. The molecule has 3 saturated heterocycles. The third-order valence-corrected chi connectivity index (χ3v) is 11.2. The highest BCUT2D eigenvalue weighted by Crippen LogP contribution is 2.33. The number of urea groups is 1. The molecule has 4 rings (SSSR count). The fourth-order valence-electron chi connectivity index (χ4n) is 7.00. The first-order valence-electron chi connectivity index (χ1n) is 17.6. The van der Waals surface area contributed by atoms with Crippen LogP contribution in [0.2, 0.25) is 0 Å². The maximum atomic E-state index is 12.0. The van der Waals surface area contributed by atoms with Gasteiger partial charge in [0.25, 0.3) is 0 Å². The van der Waals surface area contributed by atoms with Crippen molar-refractivity contribution in [2.75, 3.05) is 103 Å². The second-order valence-corrected chi connectivity index (χ2v) is 14.6. The monoisotopic (exact) mass is 725 g/mol. The molecule has 3 aliphatic rings. The van der Waals surface area contributed by atoms with Crippen molar-refractivity contribution in [3.63, 3.8) is 0 Å². The van der Waals surface area contributed by atoms with E-state index in [0.29, 0.717) is 70.6 Å². The Hall–Kier alpha value is -2.74. The van der Waals surface area contributed by atoms with Gasteiger partial charge in [0.15, 0.2) is 0 Å². The van der Waals surface area contributed by atoms with Crippen molar-refractivity contribution in [1.29, 1.82) is 0 Å². The molecule has 16 nitrogen and oxygen atoms in total. The molecule has 1 aromatic carbocycles. The SMILES string of the molecule is O=C(O)CN1CCN(CCOO)CCN(CCOO)CCN(CC(=O)O)C(Cc2ccc(NCCCCCC3SCC4NC(=O)NC43)cc2)C1. The van der Waals surface area contributed by atoms with E-state index in [9.17, 15) is 24.6 Å². The van der Waals surface area contributed by atoms with E-state index in [2.05, 4.69) is 35.5 Å². The summed E-state index contributed by atoms with van der Waals surface area (Å²) in [6.45, 7) is 5.07. The van der Waals surface area contributed by atoms with Gasteiger partial charge in [-0.25, -0.2) is 14.6 Å². The number of nitrogens with one attached hydrogen (secondary N) is 3. The Morgan fingerprint density at radius 2 is 1.48 bits per heavy atom. The Balaban J connectivity index is 1.35. The van der Waals surface area contributed by atoms with Gasteiger partial charge in [-0.05, 0) is 37.0 Å². The number of amides is 2. The van der Waals surface area contributed by atoms with E-state index in [-0.39, 0.29) is 50.5 Å². The lowest BCUT2D eigenvalue weighted by atomic mass is 10.0. The van der Waals surface area contributed by atoms with Crippen LogP contribution in [0.3, 0.4) is 0 Å². The largest absolute Gasteiger partial charge is 0.480 e. The van der Waals surface area contributed by atoms with Crippen molar-refractivity contribution in [2.24, 2.45) is 0 Å². The number of nitrogens with zero attached hydrogens (tertiary/aromatic N) is 4. The van der Waals surface area contributed by atoms with Crippen LogP contribution < -0.4 is 16.0 Å². The summed E-state index contributed by atoms with van der Waals surface area (Å²) in [7, 11) is 0. The highest BCUT2D eigenvalue weighted by molar-refractivity contribution is 8.00. The standard InChI is InChI=1S/C33H55N7O9S/c41-30(42)22-39-13-12-37(16-18-48-46)10-11-38(17-19-49-47)14-15-40(23-31(43)44)27(21-39)20-25-5-7-26(8-6-25)34-9-3-1-2-4-29-32-28(24-50-29)35-33(45)36-32/h5-8,27-29,32,34,46-47H,1-4,9-24H2,(H,41,42)(H,43,44)(H2,35,36,45). The molecule has 0 aliphatic carbocycles. The molecule has 4 unspecified atom stereocenters. The van der Waals surface area contributed by atoms with Crippen molar-refractivity contribution in [2.45, 2.75) is 55.5 Å². The van der Waals surface area contributed by atoms with Gasteiger partial charge in [0.05, 0.1) is 38.4 Å². The first kappa shape index (κ1) is 40.0.